The van der Waals surface area contributed by atoms with Crippen LogP contribution in [0.3, 0.4) is 0 Å². The van der Waals surface area contributed by atoms with Gasteiger partial charge in [-0.1, -0.05) is 19.9 Å². The number of thioether (sulfide) groups is 1. The lowest BCUT2D eigenvalue weighted by Crippen LogP contribution is -2.30. The summed E-state index contributed by atoms with van der Waals surface area (Å²) in [6, 6.07) is 4.30. The van der Waals surface area contributed by atoms with Crippen molar-refractivity contribution in [1.29, 1.82) is 0 Å². The summed E-state index contributed by atoms with van der Waals surface area (Å²) in [6.45, 7) is 6.43. The molecule has 0 amide bonds. The Balaban J connectivity index is 2.57. The quantitative estimate of drug-likeness (QED) is 0.591. The zero-order valence-electron chi connectivity index (χ0n) is 10.2. The zero-order chi connectivity index (χ0) is 12.0. The molecule has 0 aliphatic carbocycles. The highest BCUT2D eigenvalue weighted by atomic mass is 32.2. The Morgan fingerprint density at radius 2 is 2.25 bits per heavy atom. The molecule has 0 radical (unpaired) electrons. The van der Waals surface area contributed by atoms with E-state index >= 15 is 0 Å². The Morgan fingerprint density at radius 1 is 1.50 bits per heavy atom. The van der Waals surface area contributed by atoms with Crippen LogP contribution in [0.1, 0.15) is 37.6 Å². The van der Waals surface area contributed by atoms with Crippen LogP contribution >= 0.6 is 11.8 Å². The summed E-state index contributed by atoms with van der Waals surface area (Å²) in [4.78, 5) is 4.29. The lowest BCUT2D eigenvalue weighted by Gasteiger charge is -2.17. The van der Waals surface area contributed by atoms with E-state index in [1.54, 1.807) is 0 Å². The van der Waals surface area contributed by atoms with Gasteiger partial charge in [0.05, 0.1) is 6.04 Å². The molecular formula is C12H21N3S. The molecule has 3 N–H and O–H groups in total. The van der Waals surface area contributed by atoms with Gasteiger partial charge in [-0.3, -0.25) is 16.3 Å². The summed E-state index contributed by atoms with van der Waals surface area (Å²) in [5.74, 6) is 6.56. The molecule has 0 bridgehead atoms. The molecule has 1 rings (SSSR count). The van der Waals surface area contributed by atoms with Crippen molar-refractivity contribution in [2.45, 2.75) is 38.5 Å². The first-order chi connectivity index (χ1) is 7.67. The fourth-order valence-electron chi connectivity index (χ4n) is 1.30. The van der Waals surface area contributed by atoms with Crippen molar-refractivity contribution in [3.8, 4) is 0 Å². The van der Waals surface area contributed by atoms with E-state index < -0.39 is 0 Å². The van der Waals surface area contributed by atoms with E-state index in [-0.39, 0.29) is 6.04 Å². The van der Waals surface area contributed by atoms with Crippen LogP contribution in [0.4, 0.5) is 0 Å². The fraction of sp³-hybridized carbons (Fsp3) is 0.583. The molecule has 0 saturated carbocycles. The van der Waals surface area contributed by atoms with Crippen LogP contribution in [0.15, 0.2) is 18.3 Å². The minimum absolute atomic E-state index is 0.187. The predicted molar refractivity (Wildman–Crippen MR) is 71.2 cm³/mol. The largest absolute Gasteiger partial charge is 0.271 e. The van der Waals surface area contributed by atoms with E-state index in [0.29, 0.717) is 5.25 Å². The van der Waals surface area contributed by atoms with Crippen molar-refractivity contribution in [3.05, 3.63) is 29.6 Å². The van der Waals surface area contributed by atoms with Gasteiger partial charge in [0.2, 0.25) is 0 Å². The van der Waals surface area contributed by atoms with Gasteiger partial charge in [-0.15, -0.1) is 0 Å². The van der Waals surface area contributed by atoms with Crippen LogP contribution < -0.4 is 11.3 Å². The van der Waals surface area contributed by atoms with Crippen molar-refractivity contribution in [2.75, 3.05) is 5.75 Å². The van der Waals surface area contributed by atoms with Crippen molar-refractivity contribution in [2.24, 2.45) is 5.84 Å². The zero-order valence-corrected chi connectivity index (χ0v) is 11.1. The summed E-state index contributed by atoms with van der Waals surface area (Å²) in [6.07, 6.45) is 3.09. The first-order valence-electron chi connectivity index (χ1n) is 5.67. The maximum Gasteiger partial charge on any atom is 0.0565 e. The normalized spacial score (nSPS) is 14.8. The number of nitrogens with two attached hydrogens (primary N) is 1. The van der Waals surface area contributed by atoms with Gasteiger partial charge in [-0.05, 0) is 25.0 Å². The van der Waals surface area contributed by atoms with Crippen LogP contribution in [0.5, 0.6) is 0 Å². The molecule has 0 aliphatic rings. The third kappa shape index (κ3) is 4.12. The maximum atomic E-state index is 5.58. The van der Waals surface area contributed by atoms with E-state index in [0.717, 1.165) is 17.0 Å². The van der Waals surface area contributed by atoms with Gasteiger partial charge >= 0.3 is 0 Å². The second-order valence-electron chi connectivity index (χ2n) is 4.00. The number of aryl methyl sites for hydroxylation is 1. The minimum atomic E-state index is 0.187. The molecule has 1 aromatic rings. The molecule has 0 aromatic carbocycles. The number of hydrogen-bond acceptors (Lipinski definition) is 4. The molecular weight excluding hydrogens is 218 g/mol. The van der Waals surface area contributed by atoms with E-state index in [4.69, 9.17) is 5.84 Å². The molecule has 1 aromatic heterocycles. The monoisotopic (exact) mass is 239 g/mol. The third-order valence-corrected chi connectivity index (χ3v) is 4.09. The lowest BCUT2D eigenvalue weighted by molar-refractivity contribution is 0.607. The highest BCUT2D eigenvalue weighted by molar-refractivity contribution is 7.99. The first kappa shape index (κ1) is 13.5. The van der Waals surface area contributed by atoms with Crippen molar-refractivity contribution < 1.29 is 0 Å². The third-order valence-electron chi connectivity index (χ3n) is 2.66. The van der Waals surface area contributed by atoms with E-state index in [1.807, 2.05) is 30.9 Å². The van der Waals surface area contributed by atoms with Gasteiger partial charge in [0.1, 0.15) is 0 Å². The van der Waals surface area contributed by atoms with E-state index in [9.17, 15) is 0 Å². The fourth-order valence-corrected chi connectivity index (χ4v) is 2.35. The molecule has 2 atom stereocenters. The average molecular weight is 239 g/mol. The molecule has 0 fully saturated rings. The number of pyridine rings is 1. The van der Waals surface area contributed by atoms with E-state index in [1.165, 1.54) is 6.42 Å². The van der Waals surface area contributed by atoms with Crippen LogP contribution in [-0.2, 0) is 0 Å². The standard InChI is InChI=1S/C12H21N3S/c1-4-10(3)16-8-12(15-13)11-6-5-9(2)14-7-11/h5-7,10,12,15H,4,8,13H2,1-3H3. The van der Waals surface area contributed by atoms with Crippen LogP contribution in [0.2, 0.25) is 0 Å². The minimum Gasteiger partial charge on any atom is -0.271 e. The summed E-state index contributed by atoms with van der Waals surface area (Å²) in [7, 11) is 0. The number of hydrogen-bond donors (Lipinski definition) is 2. The first-order valence-corrected chi connectivity index (χ1v) is 6.72. The van der Waals surface area contributed by atoms with Crippen LogP contribution in [-0.4, -0.2) is 16.0 Å². The summed E-state index contributed by atoms with van der Waals surface area (Å²) in [5, 5.41) is 0.675. The van der Waals surface area contributed by atoms with Gasteiger partial charge in [-0.2, -0.15) is 11.8 Å². The Morgan fingerprint density at radius 3 is 2.75 bits per heavy atom. The van der Waals surface area contributed by atoms with Gasteiger partial charge in [0.25, 0.3) is 0 Å². The molecule has 4 heteroatoms. The van der Waals surface area contributed by atoms with Gasteiger partial charge < -0.3 is 0 Å². The average Bonchev–Trinajstić information content (AvgIpc) is 2.31. The van der Waals surface area contributed by atoms with Crippen molar-refractivity contribution in [1.82, 2.24) is 10.4 Å². The molecule has 3 nitrogen and oxygen atoms in total. The molecule has 0 saturated heterocycles. The summed E-state index contributed by atoms with van der Waals surface area (Å²) < 4.78 is 0. The Labute approximate surface area is 102 Å². The Bertz CT molecular complexity index is 300. The summed E-state index contributed by atoms with van der Waals surface area (Å²) in [5.41, 5.74) is 5.05. The van der Waals surface area contributed by atoms with Crippen molar-refractivity contribution >= 4 is 11.8 Å². The SMILES string of the molecule is CCC(C)SCC(NN)c1ccc(C)nc1. The molecule has 90 valence electrons. The number of nitrogens with one attached hydrogen (secondary N) is 1. The highest BCUT2D eigenvalue weighted by Gasteiger charge is 2.11. The van der Waals surface area contributed by atoms with Gasteiger partial charge in [-0.25, -0.2) is 0 Å². The molecule has 0 aliphatic heterocycles. The molecule has 16 heavy (non-hydrogen) atoms. The smallest absolute Gasteiger partial charge is 0.0565 e. The number of hydrazine groups is 1. The van der Waals surface area contributed by atoms with Crippen LogP contribution in [0.25, 0.3) is 0 Å². The van der Waals surface area contributed by atoms with Gasteiger partial charge in [0, 0.05) is 22.9 Å². The number of nitrogens with zero attached hydrogens (tertiary/aromatic N) is 1. The number of rotatable bonds is 6. The second kappa shape index (κ2) is 6.89. The summed E-state index contributed by atoms with van der Waals surface area (Å²) >= 11 is 1.94. The maximum absolute atomic E-state index is 5.58. The molecule has 1 heterocycles. The molecule has 0 spiro atoms. The Kier molecular flexibility index (Phi) is 5.80. The van der Waals surface area contributed by atoms with Crippen molar-refractivity contribution in [3.63, 3.8) is 0 Å². The van der Waals surface area contributed by atoms with E-state index in [2.05, 4.69) is 30.3 Å². The Hall–Kier alpha value is -0.580. The van der Waals surface area contributed by atoms with Crippen LogP contribution in [0, 0.1) is 6.92 Å². The predicted octanol–water partition coefficient (Wildman–Crippen LogP) is 2.43. The number of aromatic nitrogens is 1. The lowest BCUT2D eigenvalue weighted by atomic mass is 10.1. The topological polar surface area (TPSA) is 50.9 Å². The molecule has 2 unspecified atom stereocenters. The van der Waals surface area contributed by atoms with Gasteiger partial charge in [0.15, 0.2) is 0 Å². The second-order valence-corrected chi connectivity index (χ2v) is 5.48. The highest BCUT2D eigenvalue weighted by Crippen LogP contribution is 2.21.